The van der Waals surface area contributed by atoms with E-state index in [4.69, 9.17) is 4.74 Å². The smallest absolute Gasteiger partial charge is 0.311 e. The molecule has 1 aliphatic heterocycles. The van der Waals surface area contributed by atoms with Crippen LogP contribution in [0, 0.1) is 5.41 Å². The third kappa shape index (κ3) is 4.12. The lowest BCUT2D eigenvalue weighted by molar-refractivity contribution is -0.154. The summed E-state index contributed by atoms with van der Waals surface area (Å²) in [5.74, 6) is -1.02. The van der Waals surface area contributed by atoms with E-state index in [0.717, 1.165) is 19.3 Å². The lowest BCUT2D eigenvalue weighted by Gasteiger charge is -2.33. The number of hydrogen-bond donors (Lipinski definition) is 2. The Hall–Kier alpha value is -1.40. The van der Waals surface area contributed by atoms with Crippen LogP contribution in [0.5, 0.6) is 0 Å². The van der Waals surface area contributed by atoms with Crippen LogP contribution in [-0.4, -0.2) is 36.7 Å². The Morgan fingerprint density at radius 3 is 2.61 bits per heavy atom. The number of carbonyl (C=O) groups is 2. The summed E-state index contributed by atoms with van der Waals surface area (Å²) < 4.78 is 5.25. The molecule has 0 atom stereocenters. The van der Waals surface area contributed by atoms with Crippen LogP contribution >= 0.6 is 11.3 Å². The SMILES string of the molecule is CCCc1sc(C(=O)NCC2(C(=O)O)CCOCC2)cc1CC. The van der Waals surface area contributed by atoms with Crippen molar-refractivity contribution in [3.05, 3.63) is 21.4 Å². The van der Waals surface area contributed by atoms with Crippen molar-refractivity contribution in [3.8, 4) is 0 Å². The predicted octanol–water partition coefficient (Wildman–Crippen LogP) is 2.87. The highest BCUT2D eigenvalue weighted by atomic mass is 32.1. The van der Waals surface area contributed by atoms with E-state index in [2.05, 4.69) is 19.2 Å². The van der Waals surface area contributed by atoms with Crippen molar-refractivity contribution in [2.24, 2.45) is 5.41 Å². The summed E-state index contributed by atoms with van der Waals surface area (Å²) in [6.07, 6.45) is 3.83. The first-order chi connectivity index (χ1) is 11.0. The molecule has 0 radical (unpaired) electrons. The fourth-order valence-electron chi connectivity index (χ4n) is 2.88. The zero-order valence-corrected chi connectivity index (χ0v) is 14.6. The number of amides is 1. The largest absolute Gasteiger partial charge is 0.481 e. The van der Waals surface area contributed by atoms with Crippen LogP contribution in [0.15, 0.2) is 6.07 Å². The average Bonchev–Trinajstić information content (AvgIpc) is 2.97. The number of ether oxygens (including phenoxy) is 1. The summed E-state index contributed by atoms with van der Waals surface area (Å²) in [6, 6.07) is 1.95. The van der Waals surface area contributed by atoms with E-state index in [1.807, 2.05) is 6.07 Å². The van der Waals surface area contributed by atoms with Gasteiger partial charge in [0.1, 0.15) is 0 Å². The Morgan fingerprint density at radius 2 is 2.04 bits per heavy atom. The first-order valence-electron chi connectivity index (χ1n) is 8.23. The second kappa shape index (κ2) is 7.93. The lowest BCUT2D eigenvalue weighted by Crippen LogP contribution is -2.46. The number of hydrogen-bond acceptors (Lipinski definition) is 4. The Bertz CT molecular complexity index is 561. The van der Waals surface area contributed by atoms with Gasteiger partial charge in [-0.1, -0.05) is 20.3 Å². The molecule has 0 spiro atoms. The minimum atomic E-state index is -0.898. The van der Waals surface area contributed by atoms with Gasteiger partial charge < -0.3 is 15.2 Å². The van der Waals surface area contributed by atoms with Gasteiger partial charge in [-0.25, -0.2) is 0 Å². The minimum absolute atomic E-state index is 0.160. The van der Waals surface area contributed by atoms with E-state index in [9.17, 15) is 14.7 Å². The summed E-state index contributed by atoms with van der Waals surface area (Å²) in [7, 11) is 0. The van der Waals surface area contributed by atoms with Gasteiger partial charge in [0, 0.05) is 24.6 Å². The molecule has 0 saturated carbocycles. The number of rotatable bonds is 7. The zero-order chi connectivity index (χ0) is 16.9. The number of aryl methyl sites for hydroxylation is 2. The molecular weight excluding hydrogens is 314 g/mol. The van der Waals surface area contributed by atoms with Gasteiger partial charge in [0.25, 0.3) is 5.91 Å². The van der Waals surface area contributed by atoms with E-state index in [-0.39, 0.29) is 12.5 Å². The molecule has 23 heavy (non-hydrogen) atoms. The van der Waals surface area contributed by atoms with Crippen LogP contribution in [0.3, 0.4) is 0 Å². The van der Waals surface area contributed by atoms with Crippen LogP contribution in [0.4, 0.5) is 0 Å². The quantitative estimate of drug-likeness (QED) is 0.801. The summed E-state index contributed by atoms with van der Waals surface area (Å²) in [5.41, 5.74) is 0.325. The maximum atomic E-state index is 12.4. The van der Waals surface area contributed by atoms with Gasteiger partial charge in [-0.3, -0.25) is 9.59 Å². The Kier molecular flexibility index (Phi) is 6.18. The second-order valence-electron chi connectivity index (χ2n) is 6.04. The maximum Gasteiger partial charge on any atom is 0.311 e. The predicted molar refractivity (Wildman–Crippen MR) is 90.1 cm³/mol. The number of carboxylic acids is 1. The zero-order valence-electron chi connectivity index (χ0n) is 13.8. The molecular formula is C17H25NO4S. The molecule has 1 aromatic heterocycles. The van der Waals surface area contributed by atoms with Crippen molar-refractivity contribution in [2.45, 2.75) is 46.0 Å². The van der Waals surface area contributed by atoms with Gasteiger partial charge in [-0.15, -0.1) is 11.3 Å². The molecule has 2 N–H and O–H groups in total. The van der Waals surface area contributed by atoms with Gasteiger partial charge in [-0.2, -0.15) is 0 Å². The van der Waals surface area contributed by atoms with Crippen LogP contribution in [0.1, 0.15) is 53.2 Å². The number of nitrogens with one attached hydrogen (secondary N) is 1. The minimum Gasteiger partial charge on any atom is -0.481 e. The molecule has 1 aromatic rings. The first-order valence-corrected chi connectivity index (χ1v) is 9.05. The molecule has 2 rings (SSSR count). The molecule has 5 nitrogen and oxygen atoms in total. The molecule has 2 heterocycles. The van der Waals surface area contributed by atoms with Crippen LogP contribution in [0.2, 0.25) is 0 Å². The summed E-state index contributed by atoms with van der Waals surface area (Å²) >= 11 is 1.53. The molecule has 0 unspecified atom stereocenters. The van der Waals surface area contributed by atoms with E-state index in [1.54, 1.807) is 0 Å². The normalized spacial score (nSPS) is 17.0. The lowest BCUT2D eigenvalue weighted by atomic mass is 9.80. The van der Waals surface area contributed by atoms with E-state index < -0.39 is 11.4 Å². The molecule has 1 amide bonds. The summed E-state index contributed by atoms with van der Waals surface area (Å²) in [6.45, 7) is 5.24. The van der Waals surface area contributed by atoms with Gasteiger partial charge in [-0.05, 0) is 37.3 Å². The van der Waals surface area contributed by atoms with E-state index >= 15 is 0 Å². The summed E-state index contributed by atoms with van der Waals surface area (Å²) in [5, 5.41) is 12.4. The van der Waals surface area contributed by atoms with Crippen LogP contribution in [0.25, 0.3) is 0 Å². The fourth-order valence-corrected chi connectivity index (χ4v) is 4.15. The first kappa shape index (κ1) is 17.9. The molecule has 1 fully saturated rings. The molecule has 0 aliphatic carbocycles. The van der Waals surface area contributed by atoms with Crippen LogP contribution in [-0.2, 0) is 22.4 Å². The van der Waals surface area contributed by atoms with Gasteiger partial charge in [0.2, 0.25) is 0 Å². The van der Waals surface area contributed by atoms with Crippen molar-refractivity contribution in [3.63, 3.8) is 0 Å². The fraction of sp³-hybridized carbons (Fsp3) is 0.647. The maximum absolute atomic E-state index is 12.4. The highest BCUT2D eigenvalue weighted by Gasteiger charge is 2.40. The molecule has 6 heteroatoms. The van der Waals surface area contributed by atoms with E-state index in [0.29, 0.717) is 30.9 Å². The van der Waals surface area contributed by atoms with Crippen molar-refractivity contribution in [2.75, 3.05) is 19.8 Å². The second-order valence-corrected chi connectivity index (χ2v) is 7.18. The topological polar surface area (TPSA) is 75.6 Å². The molecule has 1 aliphatic rings. The Morgan fingerprint density at radius 1 is 1.35 bits per heavy atom. The molecule has 128 valence electrons. The van der Waals surface area contributed by atoms with Crippen molar-refractivity contribution in [1.82, 2.24) is 5.32 Å². The standard InChI is InChI=1S/C17H25NO4S/c1-3-5-13-12(4-2)10-14(23-13)15(19)18-11-17(16(20)21)6-8-22-9-7-17/h10H,3-9,11H2,1-2H3,(H,18,19)(H,20,21). The van der Waals surface area contributed by atoms with Gasteiger partial charge in [0.15, 0.2) is 0 Å². The third-order valence-corrected chi connectivity index (χ3v) is 5.71. The average molecular weight is 339 g/mol. The number of carboxylic acid groups (broad SMARTS) is 1. The highest BCUT2D eigenvalue weighted by Crippen LogP contribution is 2.30. The van der Waals surface area contributed by atoms with Crippen molar-refractivity contribution >= 4 is 23.2 Å². The Balaban J connectivity index is 2.05. The Labute approximate surface area is 141 Å². The molecule has 1 saturated heterocycles. The molecule has 0 aromatic carbocycles. The highest BCUT2D eigenvalue weighted by molar-refractivity contribution is 7.14. The summed E-state index contributed by atoms with van der Waals surface area (Å²) in [4.78, 5) is 26.0. The number of thiophene rings is 1. The third-order valence-electron chi connectivity index (χ3n) is 4.47. The van der Waals surface area contributed by atoms with Gasteiger partial charge >= 0.3 is 5.97 Å². The van der Waals surface area contributed by atoms with Crippen molar-refractivity contribution in [1.29, 1.82) is 0 Å². The van der Waals surface area contributed by atoms with Crippen molar-refractivity contribution < 1.29 is 19.4 Å². The van der Waals surface area contributed by atoms with E-state index in [1.165, 1.54) is 21.8 Å². The number of carbonyl (C=O) groups excluding carboxylic acids is 1. The number of aliphatic carboxylic acids is 1. The monoisotopic (exact) mass is 339 g/mol. The molecule has 0 bridgehead atoms. The van der Waals surface area contributed by atoms with Crippen LogP contribution < -0.4 is 5.32 Å². The van der Waals surface area contributed by atoms with Gasteiger partial charge in [0.05, 0.1) is 10.3 Å².